The summed E-state index contributed by atoms with van der Waals surface area (Å²) in [6, 6.07) is 5.69. The average Bonchev–Trinajstić information content (AvgIpc) is 2.20. The molecule has 96 valence electrons. The summed E-state index contributed by atoms with van der Waals surface area (Å²) in [6.45, 7) is 4.54. The second-order valence-corrected chi connectivity index (χ2v) is 5.43. The second-order valence-electron chi connectivity index (χ2n) is 4.57. The molecule has 0 bridgehead atoms. The molecule has 4 nitrogen and oxygen atoms in total. The SMILES string of the molecule is CC(=O)N1CC(C(=O)Nc2ccc(Br)c(C)c2)C1. The lowest BCUT2D eigenvalue weighted by atomic mass is 9.99. The fraction of sp³-hybridized carbons (Fsp3) is 0.385. The topological polar surface area (TPSA) is 49.4 Å². The van der Waals surface area contributed by atoms with Gasteiger partial charge in [-0.2, -0.15) is 0 Å². The zero-order valence-electron chi connectivity index (χ0n) is 10.4. The molecule has 1 fully saturated rings. The van der Waals surface area contributed by atoms with Gasteiger partial charge in [-0.25, -0.2) is 0 Å². The second kappa shape index (κ2) is 5.10. The summed E-state index contributed by atoms with van der Waals surface area (Å²) in [5.41, 5.74) is 1.87. The number of carbonyl (C=O) groups excluding carboxylic acids is 2. The molecule has 2 rings (SSSR count). The Morgan fingerprint density at radius 2 is 2.06 bits per heavy atom. The van der Waals surface area contributed by atoms with Crippen molar-refractivity contribution in [3.05, 3.63) is 28.2 Å². The number of hydrogen-bond acceptors (Lipinski definition) is 2. The molecular formula is C13H15BrN2O2. The van der Waals surface area contributed by atoms with Crippen LogP contribution in [-0.2, 0) is 9.59 Å². The van der Waals surface area contributed by atoms with Crippen LogP contribution in [-0.4, -0.2) is 29.8 Å². The van der Waals surface area contributed by atoms with Crippen LogP contribution >= 0.6 is 15.9 Å². The lowest BCUT2D eigenvalue weighted by Gasteiger charge is -2.37. The van der Waals surface area contributed by atoms with Gasteiger partial charge < -0.3 is 10.2 Å². The highest BCUT2D eigenvalue weighted by molar-refractivity contribution is 9.10. The van der Waals surface area contributed by atoms with E-state index in [-0.39, 0.29) is 17.7 Å². The molecule has 1 aromatic rings. The Kier molecular flexibility index (Phi) is 3.71. The minimum atomic E-state index is -0.0853. The van der Waals surface area contributed by atoms with Gasteiger partial charge in [0.2, 0.25) is 11.8 Å². The molecular weight excluding hydrogens is 296 g/mol. The minimum absolute atomic E-state index is 0.0192. The number of benzene rings is 1. The van der Waals surface area contributed by atoms with Crippen molar-refractivity contribution in [3.8, 4) is 0 Å². The fourth-order valence-electron chi connectivity index (χ4n) is 1.87. The quantitative estimate of drug-likeness (QED) is 0.910. The summed E-state index contributed by atoms with van der Waals surface area (Å²) >= 11 is 3.42. The first-order chi connectivity index (χ1) is 8.47. The largest absolute Gasteiger partial charge is 0.341 e. The van der Waals surface area contributed by atoms with Gasteiger partial charge in [0.15, 0.2) is 0 Å². The number of nitrogens with zero attached hydrogens (tertiary/aromatic N) is 1. The minimum Gasteiger partial charge on any atom is -0.341 e. The first-order valence-corrected chi connectivity index (χ1v) is 6.59. The molecule has 0 atom stereocenters. The number of amides is 2. The molecule has 1 saturated heterocycles. The summed E-state index contributed by atoms with van der Waals surface area (Å²) in [7, 11) is 0. The molecule has 18 heavy (non-hydrogen) atoms. The number of likely N-dealkylation sites (tertiary alicyclic amines) is 1. The Morgan fingerprint density at radius 1 is 1.39 bits per heavy atom. The predicted molar refractivity (Wildman–Crippen MR) is 73.3 cm³/mol. The molecule has 0 saturated carbocycles. The van der Waals surface area contributed by atoms with E-state index in [0.29, 0.717) is 13.1 Å². The molecule has 1 heterocycles. The van der Waals surface area contributed by atoms with Crippen LogP contribution in [0.15, 0.2) is 22.7 Å². The summed E-state index contributed by atoms with van der Waals surface area (Å²) in [4.78, 5) is 24.6. The number of hydrogen-bond donors (Lipinski definition) is 1. The van der Waals surface area contributed by atoms with Gasteiger partial charge in [0.1, 0.15) is 0 Å². The van der Waals surface area contributed by atoms with Crippen LogP contribution in [0, 0.1) is 12.8 Å². The van der Waals surface area contributed by atoms with E-state index < -0.39 is 0 Å². The Morgan fingerprint density at radius 3 is 2.61 bits per heavy atom. The standard InChI is InChI=1S/C13H15BrN2O2/c1-8-5-11(3-4-12(8)14)15-13(18)10-6-16(7-10)9(2)17/h3-5,10H,6-7H2,1-2H3,(H,15,18). The fourth-order valence-corrected chi connectivity index (χ4v) is 2.11. The third-order valence-electron chi connectivity index (χ3n) is 3.12. The maximum absolute atomic E-state index is 11.9. The zero-order chi connectivity index (χ0) is 13.3. The Labute approximate surface area is 114 Å². The highest BCUT2D eigenvalue weighted by atomic mass is 79.9. The Hall–Kier alpha value is -1.36. The van der Waals surface area contributed by atoms with Gasteiger partial charge in [-0.15, -0.1) is 0 Å². The number of nitrogens with one attached hydrogen (secondary N) is 1. The van der Waals surface area contributed by atoms with Crippen LogP contribution in [0.2, 0.25) is 0 Å². The van der Waals surface area contributed by atoms with Crippen molar-refractivity contribution in [3.63, 3.8) is 0 Å². The van der Waals surface area contributed by atoms with Crippen LogP contribution in [0.1, 0.15) is 12.5 Å². The highest BCUT2D eigenvalue weighted by Gasteiger charge is 2.33. The Balaban J connectivity index is 1.92. The lowest BCUT2D eigenvalue weighted by molar-refractivity contribution is -0.139. The Bertz CT molecular complexity index is 496. The van der Waals surface area contributed by atoms with Gasteiger partial charge in [-0.05, 0) is 30.7 Å². The molecule has 1 aliphatic rings. The summed E-state index contributed by atoms with van der Waals surface area (Å²) in [5, 5.41) is 2.87. The predicted octanol–water partition coefficient (Wildman–Crippen LogP) is 2.17. The summed E-state index contributed by atoms with van der Waals surface area (Å²) < 4.78 is 1.02. The molecule has 1 N–H and O–H groups in total. The maximum Gasteiger partial charge on any atom is 0.231 e. The molecule has 1 aliphatic heterocycles. The van der Waals surface area contributed by atoms with Gasteiger partial charge >= 0.3 is 0 Å². The van der Waals surface area contributed by atoms with Crippen LogP contribution in [0.25, 0.3) is 0 Å². The number of anilines is 1. The van der Waals surface area contributed by atoms with Crippen molar-refractivity contribution >= 4 is 33.4 Å². The molecule has 1 aromatic carbocycles. The van der Waals surface area contributed by atoms with Gasteiger partial charge in [0, 0.05) is 30.2 Å². The third kappa shape index (κ3) is 2.72. The number of rotatable bonds is 2. The maximum atomic E-state index is 11.9. The molecule has 0 aliphatic carbocycles. The van der Waals surface area contributed by atoms with Crippen molar-refractivity contribution in [1.82, 2.24) is 4.90 Å². The monoisotopic (exact) mass is 310 g/mol. The molecule has 0 spiro atoms. The van der Waals surface area contributed by atoms with E-state index in [4.69, 9.17) is 0 Å². The van der Waals surface area contributed by atoms with Crippen LogP contribution in [0.5, 0.6) is 0 Å². The lowest BCUT2D eigenvalue weighted by Crippen LogP contribution is -2.53. The highest BCUT2D eigenvalue weighted by Crippen LogP contribution is 2.22. The van der Waals surface area contributed by atoms with Gasteiger partial charge in [0.05, 0.1) is 5.92 Å². The number of aryl methyl sites for hydroxylation is 1. The molecule has 0 radical (unpaired) electrons. The van der Waals surface area contributed by atoms with Crippen LogP contribution in [0.3, 0.4) is 0 Å². The molecule has 0 aromatic heterocycles. The van der Waals surface area contributed by atoms with Crippen molar-refractivity contribution in [2.45, 2.75) is 13.8 Å². The zero-order valence-corrected chi connectivity index (χ0v) is 12.0. The van der Waals surface area contributed by atoms with Crippen molar-refractivity contribution in [2.75, 3.05) is 18.4 Å². The van der Waals surface area contributed by atoms with Crippen LogP contribution < -0.4 is 5.32 Å². The first-order valence-electron chi connectivity index (χ1n) is 5.80. The number of halogens is 1. The van der Waals surface area contributed by atoms with E-state index in [9.17, 15) is 9.59 Å². The van der Waals surface area contributed by atoms with Gasteiger partial charge in [0.25, 0.3) is 0 Å². The van der Waals surface area contributed by atoms with Gasteiger partial charge in [-0.3, -0.25) is 9.59 Å². The van der Waals surface area contributed by atoms with E-state index in [2.05, 4.69) is 21.2 Å². The van der Waals surface area contributed by atoms with E-state index in [1.54, 1.807) is 4.90 Å². The number of carbonyl (C=O) groups is 2. The first kappa shape index (κ1) is 13.1. The van der Waals surface area contributed by atoms with E-state index in [1.165, 1.54) is 6.92 Å². The van der Waals surface area contributed by atoms with E-state index in [1.807, 2.05) is 25.1 Å². The van der Waals surface area contributed by atoms with Crippen LogP contribution in [0.4, 0.5) is 5.69 Å². The summed E-state index contributed by atoms with van der Waals surface area (Å²) in [6.07, 6.45) is 0. The van der Waals surface area contributed by atoms with Crippen molar-refractivity contribution in [1.29, 1.82) is 0 Å². The molecule has 0 unspecified atom stereocenters. The van der Waals surface area contributed by atoms with E-state index in [0.717, 1.165) is 15.7 Å². The summed E-state index contributed by atoms with van der Waals surface area (Å²) in [5.74, 6) is -0.0781. The third-order valence-corrected chi connectivity index (χ3v) is 4.01. The smallest absolute Gasteiger partial charge is 0.231 e. The van der Waals surface area contributed by atoms with Gasteiger partial charge in [-0.1, -0.05) is 15.9 Å². The normalized spacial score (nSPS) is 15.2. The van der Waals surface area contributed by atoms with Crippen molar-refractivity contribution < 1.29 is 9.59 Å². The molecule has 5 heteroatoms. The average molecular weight is 311 g/mol. The molecule has 2 amide bonds. The van der Waals surface area contributed by atoms with E-state index >= 15 is 0 Å². The van der Waals surface area contributed by atoms with Crippen molar-refractivity contribution in [2.24, 2.45) is 5.92 Å².